The van der Waals surface area contributed by atoms with Gasteiger partial charge in [0.2, 0.25) is 0 Å². The number of nitrogens with zero attached hydrogens (tertiary/aromatic N) is 3. The van der Waals surface area contributed by atoms with Crippen LogP contribution >= 0.6 is 0 Å². The number of hydrogen-bond acceptors (Lipinski definition) is 5. The number of carbonyl (C=O) groups excluding carboxylic acids is 2. The van der Waals surface area contributed by atoms with Crippen LogP contribution < -0.4 is 16.0 Å². The number of nitrogens with one attached hydrogen (secondary N) is 3. The lowest BCUT2D eigenvalue weighted by atomic mass is 10.0. The Hall–Kier alpha value is -4.24. The van der Waals surface area contributed by atoms with Crippen LogP contribution in [0, 0.1) is 0 Å². The number of aromatic nitrogens is 3. The third kappa shape index (κ3) is 4.71. The summed E-state index contributed by atoms with van der Waals surface area (Å²) in [5, 5.41) is 23.2. The van der Waals surface area contributed by atoms with Crippen LogP contribution in [0.4, 0.5) is 16.2 Å². The summed E-state index contributed by atoms with van der Waals surface area (Å²) < 4.78 is 1.56. The normalized spacial score (nSPS) is 13.0. The van der Waals surface area contributed by atoms with E-state index < -0.39 is 0 Å². The zero-order valence-electron chi connectivity index (χ0n) is 19.3. The molecular weight excluding hydrogens is 444 g/mol. The van der Waals surface area contributed by atoms with Crippen molar-refractivity contribution in [1.82, 2.24) is 19.9 Å². The van der Waals surface area contributed by atoms with Gasteiger partial charge in [-0.3, -0.25) is 4.79 Å². The lowest BCUT2D eigenvalue weighted by Gasteiger charge is -2.15. The highest BCUT2D eigenvalue weighted by molar-refractivity contribution is 6.05. The minimum Gasteiger partial charge on any atom is -0.392 e. The smallest absolute Gasteiger partial charge is 0.319 e. The molecule has 0 aliphatic heterocycles. The van der Waals surface area contributed by atoms with Gasteiger partial charge in [0.1, 0.15) is 0 Å². The lowest BCUT2D eigenvalue weighted by Crippen LogP contribution is -2.28. The van der Waals surface area contributed by atoms with Gasteiger partial charge < -0.3 is 21.1 Å². The predicted molar refractivity (Wildman–Crippen MR) is 133 cm³/mol. The molecule has 0 saturated heterocycles. The van der Waals surface area contributed by atoms with Crippen molar-refractivity contribution in [1.29, 1.82) is 0 Å². The van der Waals surface area contributed by atoms with Gasteiger partial charge in [-0.1, -0.05) is 24.3 Å². The molecule has 0 unspecified atom stereocenters. The molecule has 1 aliphatic rings. The second-order valence-corrected chi connectivity index (χ2v) is 8.46. The van der Waals surface area contributed by atoms with Crippen LogP contribution in [0.3, 0.4) is 0 Å². The number of imidazole rings is 1. The number of fused-ring (bicyclic) bond motifs is 1. The van der Waals surface area contributed by atoms with Crippen LogP contribution in [0.15, 0.2) is 60.9 Å². The van der Waals surface area contributed by atoms with Crippen LogP contribution in [0.2, 0.25) is 0 Å². The maximum Gasteiger partial charge on any atom is 0.319 e. The van der Waals surface area contributed by atoms with Crippen LogP contribution in [-0.4, -0.2) is 38.2 Å². The number of amides is 3. The Morgan fingerprint density at radius 3 is 2.60 bits per heavy atom. The Balaban J connectivity index is 1.47. The molecule has 0 spiro atoms. The van der Waals surface area contributed by atoms with Gasteiger partial charge in [0.15, 0.2) is 5.65 Å². The average Bonchev–Trinajstić information content (AvgIpc) is 3.61. The molecule has 1 fully saturated rings. The summed E-state index contributed by atoms with van der Waals surface area (Å²) in [5.74, 6) is 0.369. The topological polar surface area (TPSA) is 121 Å². The molecule has 0 radical (unpaired) electrons. The second-order valence-electron chi connectivity index (χ2n) is 8.46. The number of benzene rings is 2. The molecule has 9 heteroatoms. The van der Waals surface area contributed by atoms with Crippen molar-refractivity contribution in [2.45, 2.75) is 32.3 Å². The molecule has 3 amide bonds. The maximum atomic E-state index is 12.9. The van der Waals surface area contributed by atoms with Gasteiger partial charge in [-0.15, -0.1) is 0 Å². The highest BCUT2D eigenvalue weighted by atomic mass is 16.3. The molecule has 35 heavy (non-hydrogen) atoms. The van der Waals surface area contributed by atoms with E-state index in [1.54, 1.807) is 35.1 Å². The van der Waals surface area contributed by atoms with Gasteiger partial charge in [0.05, 0.1) is 18.0 Å². The van der Waals surface area contributed by atoms with Crippen LogP contribution in [0.25, 0.3) is 16.9 Å². The van der Waals surface area contributed by atoms with Gasteiger partial charge >= 0.3 is 6.03 Å². The summed E-state index contributed by atoms with van der Waals surface area (Å²) in [6.07, 6.45) is 5.68. The van der Waals surface area contributed by atoms with Gasteiger partial charge in [-0.2, -0.15) is 5.10 Å². The molecule has 2 aromatic heterocycles. The molecule has 1 saturated carbocycles. The first-order valence-electron chi connectivity index (χ1n) is 11.6. The largest absolute Gasteiger partial charge is 0.392 e. The van der Waals surface area contributed by atoms with Gasteiger partial charge in [0, 0.05) is 41.3 Å². The number of carbonyl (C=O) groups is 2. The Morgan fingerprint density at radius 1 is 1.09 bits per heavy atom. The van der Waals surface area contributed by atoms with Crippen LogP contribution in [0.5, 0.6) is 0 Å². The third-order valence-corrected chi connectivity index (χ3v) is 6.02. The molecule has 0 atom stereocenters. The minimum absolute atomic E-state index is 0.254. The van der Waals surface area contributed by atoms with E-state index in [1.165, 1.54) is 18.4 Å². The minimum atomic E-state index is -0.356. The molecule has 2 heterocycles. The van der Waals surface area contributed by atoms with E-state index in [0.717, 1.165) is 0 Å². The fourth-order valence-electron chi connectivity index (χ4n) is 4.10. The molecule has 2 aromatic carbocycles. The summed E-state index contributed by atoms with van der Waals surface area (Å²) in [6.45, 7) is 2.00. The summed E-state index contributed by atoms with van der Waals surface area (Å²) >= 11 is 0. The van der Waals surface area contributed by atoms with Crippen molar-refractivity contribution in [3.63, 3.8) is 0 Å². The van der Waals surface area contributed by atoms with Crippen molar-refractivity contribution in [2.24, 2.45) is 0 Å². The quantitative estimate of drug-likeness (QED) is 0.323. The fourth-order valence-corrected chi connectivity index (χ4v) is 4.10. The Kier molecular flexibility index (Phi) is 6.15. The van der Waals surface area contributed by atoms with Crippen LogP contribution in [0.1, 0.15) is 47.2 Å². The third-order valence-electron chi connectivity index (χ3n) is 6.02. The molecule has 4 N–H and O–H groups in total. The van der Waals surface area contributed by atoms with Crippen molar-refractivity contribution in [3.05, 3.63) is 77.6 Å². The zero-order chi connectivity index (χ0) is 24.4. The summed E-state index contributed by atoms with van der Waals surface area (Å²) in [7, 11) is 0. The maximum absolute atomic E-state index is 12.9. The fraction of sp³-hybridized carbons (Fsp3) is 0.231. The molecule has 178 valence electrons. The summed E-state index contributed by atoms with van der Waals surface area (Å²) in [4.78, 5) is 29.4. The zero-order valence-corrected chi connectivity index (χ0v) is 19.3. The van der Waals surface area contributed by atoms with E-state index in [0.29, 0.717) is 51.9 Å². The van der Waals surface area contributed by atoms with E-state index >= 15 is 0 Å². The van der Waals surface area contributed by atoms with E-state index in [4.69, 9.17) is 0 Å². The van der Waals surface area contributed by atoms with E-state index in [2.05, 4.69) is 26.0 Å². The lowest BCUT2D eigenvalue weighted by molar-refractivity contribution is 0.102. The van der Waals surface area contributed by atoms with Crippen molar-refractivity contribution >= 4 is 29.0 Å². The first-order chi connectivity index (χ1) is 17.1. The number of rotatable bonds is 7. The van der Waals surface area contributed by atoms with Gasteiger partial charge in [-0.25, -0.2) is 14.3 Å². The predicted octanol–water partition coefficient (Wildman–Crippen LogP) is 4.16. The molecule has 5 rings (SSSR count). The Morgan fingerprint density at radius 2 is 1.89 bits per heavy atom. The standard InChI is InChI=1S/C26H26N6O3/c1-2-27-26(35)30-23-14-22(31-32-13-12-28-24(23)32)19-4-3-5-21(20(19)15-33)29-25(34)18-10-8-17(9-11-18)16-6-7-16/h3-5,8-14,16,33H,2,6-7,15H2,1H3,(H,29,34)(H2,27,30,35). The first kappa shape index (κ1) is 22.5. The number of aliphatic hydroxyl groups is 1. The monoisotopic (exact) mass is 470 g/mol. The van der Waals surface area contributed by atoms with Crippen molar-refractivity contribution < 1.29 is 14.7 Å². The number of urea groups is 1. The van der Waals surface area contributed by atoms with E-state index in [1.807, 2.05) is 37.3 Å². The summed E-state index contributed by atoms with van der Waals surface area (Å²) in [5.41, 5.74) is 4.93. The highest BCUT2D eigenvalue weighted by Crippen LogP contribution is 2.40. The average molecular weight is 471 g/mol. The van der Waals surface area contributed by atoms with Crippen LogP contribution in [-0.2, 0) is 6.61 Å². The Labute approximate surface area is 202 Å². The van der Waals surface area contributed by atoms with Crippen molar-refractivity contribution in [2.75, 3.05) is 17.2 Å². The van der Waals surface area contributed by atoms with E-state index in [-0.39, 0.29) is 18.5 Å². The highest BCUT2D eigenvalue weighted by Gasteiger charge is 2.23. The number of anilines is 2. The molecule has 1 aliphatic carbocycles. The van der Waals surface area contributed by atoms with E-state index in [9.17, 15) is 14.7 Å². The van der Waals surface area contributed by atoms with Crippen molar-refractivity contribution in [3.8, 4) is 11.3 Å². The van der Waals surface area contributed by atoms with Gasteiger partial charge in [-0.05, 0) is 55.5 Å². The first-order valence-corrected chi connectivity index (χ1v) is 11.6. The SMILES string of the molecule is CCNC(=O)Nc1cc(-c2cccc(NC(=O)c3ccc(C4CC4)cc3)c2CO)nn2ccnc12. The number of aliphatic hydroxyl groups excluding tert-OH is 1. The molecule has 9 nitrogen and oxygen atoms in total. The van der Waals surface area contributed by atoms with Gasteiger partial charge in [0.25, 0.3) is 5.91 Å². The summed E-state index contributed by atoms with van der Waals surface area (Å²) in [6, 6.07) is 14.4. The molecular formula is C26H26N6O3. The number of hydrogen-bond donors (Lipinski definition) is 4. The molecule has 0 bridgehead atoms. The second kappa shape index (κ2) is 9.55. The Bertz CT molecular complexity index is 1390. The molecule has 4 aromatic rings.